The minimum atomic E-state index is -14.4. The summed E-state index contributed by atoms with van der Waals surface area (Å²) in [6.07, 6.45) is -26.7. The number of hydrogen-bond acceptors (Lipinski definition) is 1. The molecule has 0 aliphatic heterocycles. The van der Waals surface area contributed by atoms with Crippen molar-refractivity contribution >= 4 is 8.32 Å². The van der Waals surface area contributed by atoms with Gasteiger partial charge in [-0.3, -0.25) is 0 Å². The molecule has 0 amide bonds. The van der Waals surface area contributed by atoms with Crippen LogP contribution in [0.15, 0.2) is 0 Å². The minimum Gasteiger partial charge on any atom is -0.402 e. The van der Waals surface area contributed by atoms with Gasteiger partial charge in [-0.05, 0) is 6.92 Å². The Kier molecular flexibility index (Phi) is 17.5. The molecule has 0 aliphatic rings. The lowest BCUT2D eigenvalue weighted by molar-refractivity contribution is -0.465. The summed E-state index contributed by atoms with van der Waals surface area (Å²) in [5, 5.41) is 0. The molecule has 1 nitrogen and oxygen atoms in total. The maximum absolute atomic E-state index is 15.8. The van der Waals surface area contributed by atoms with Crippen LogP contribution >= 0.6 is 0 Å². The van der Waals surface area contributed by atoms with Crippen LogP contribution < -0.4 is 0 Å². The second kappa shape index (κ2) is 18.3. The highest BCUT2D eigenvalue weighted by molar-refractivity contribution is 6.81. The van der Waals surface area contributed by atoms with E-state index in [4.69, 9.17) is 0 Å². The molecule has 0 saturated carbocycles. The third-order valence-corrected chi connectivity index (χ3v) is 14.2. The molecule has 0 heterocycles. The third-order valence-electron chi connectivity index (χ3n) is 9.85. The van der Waals surface area contributed by atoms with E-state index >= 15 is 52.7 Å². The van der Waals surface area contributed by atoms with Crippen LogP contribution in [0.2, 0.25) is 0 Å². The lowest BCUT2D eigenvalue weighted by atomic mass is 9.91. The summed E-state index contributed by atoms with van der Waals surface area (Å²) in [5.41, 5.74) is -35.1. The molecular weight excluding hydrogens is 1330 g/mol. The predicted octanol–water partition coefficient (Wildman–Crippen LogP) is 16.6. The van der Waals surface area contributed by atoms with Crippen LogP contribution in [-0.2, 0) is 4.43 Å². The van der Waals surface area contributed by atoms with Gasteiger partial charge >= 0.3 is 150 Å². The molecule has 0 N–H and O–H groups in total. The summed E-state index contributed by atoms with van der Waals surface area (Å²) in [6.45, 7) is -6.15. The van der Waals surface area contributed by atoms with Crippen molar-refractivity contribution in [1.29, 1.82) is 0 Å². The van der Waals surface area contributed by atoms with Gasteiger partial charge in [0.1, 0.15) is 0 Å². The van der Waals surface area contributed by atoms with Crippen molar-refractivity contribution in [1.82, 2.24) is 0 Å². The molecule has 0 spiro atoms. The Morgan fingerprint density at radius 1 is 0.177 bits per heavy atom. The van der Waals surface area contributed by atoms with Crippen molar-refractivity contribution in [2.45, 2.75) is 149 Å². The fraction of sp³-hybridized carbons (Fsp3) is 1.00. The zero-order valence-electron chi connectivity index (χ0n) is 33.9. The van der Waals surface area contributed by atoms with Crippen molar-refractivity contribution in [2.75, 3.05) is 6.61 Å². The minimum absolute atomic E-state index is 1.46. The van der Waals surface area contributed by atoms with Crippen molar-refractivity contribution < 1.29 is 228 Å². The molecule has 0 radical (unpaired) electrons. The molecule has 476 valence electrons. The highest BCUT2D eigenvalue weighted by Crippen LogP contribution is 2.74. The number of halogens is 51. The molecule has 0 fully saturated rings. The Morgan fingerprint density at radius 3 is 0.380 bits per heavy atom. The van der Waals surface area contributed by atoms with Gasteiger partial charge in [0.25, 0.3) is 0 Å². The van der Waals surface area contributed by atoms with Gasteiger partial charge in [-0.25, -0.2) is 26.3 Å². The molecule has 0 aliphatic carbocycles. The maximum Gasteiger partial charge on any atom is 0.460 e. The molecule has 0 bridgehead atoms. The molecule has 53 heteroatoms. The van der Waals surface area contributed by atoms with Gasteiger partial charge in [0.05, 0.1) is 0 Å². The normalized spacial score (nSPS) is 17.5. The third kappa shape index (κ3) is 8.38. The van der Waals surface area contributed by atoms with Gasteiger partial charge in [-0.1, -0.05) is 0 Å². The van der Waals surface area contributed by atoms with E-state index in [9.17, 15) is 171 Å². The average molecular weight is 1330 g/mol. The van der Waals surface area contributed by atoms with Gasteiger partial charge in [-0.2, -0.15) is 198 Å². The molecule has 0 atom stereocenters. The first kappa shape index (κ1) is 75.6. The fourth-order valence-corrected chi connectivity index (χ4v) is 9.19. The predicted molar refractivity (Wildman–Crippen MR) is 139 cm³/mol. The maximum atomic E-state index is 15.8. The standard InChI is InChI=1S/C26H5F51OSi/c1-2-78-79(24(72,73)18(57,58)12(45,46)6(33,34)3(27,28)9(39,40)15(51,52)21(63,64)65,25(74,75)19(59,60)13(47,48)7(35,36)4(29,30)10(41,42)16(53,54)22(66,67)68)26(76,77)20(61,62)14(49,50)8(37,38)5(31,32)11(43,44)17(55,56)23(69,70)71/h2H2,1H3. The molecule has 0 aromatic carbocycles. The summed E-state index contributed by atoms with van der Waals surface area (Å²) in [5.74, 6) is -191. The van der Waals surface area contributed by atoms with Gasteiger partial charge in [-0.15, -0.1) is 0 Å². The Balaban J connectivity index is 10.2. The Bertz CT molecular complexity index is 1940. The SMILES string of the molecule is CCO[Si](C(F)(F)C(F)(F)C(F)(F)C(F)(F)C(F)(F)C(F)(F)C(F)(F)C(F)(F)F)(C(F)(F)C(F)(F)C(F)(F)C(F)(F)C(F)(F)C(F)(F)C(F)(F)C(F)(F)F)C(F)(F)C(F)(F)C(F)(F)C(F)(F)C(F)(F)C(F)(F)C(F)(F)C(F)(F)F. The Morgan fingerprint density at radius 2 is 0.278 bits per heavy atom. The molecule has 79 heavy (non-hydrogen) atoms. The fourth-order valence-electron chi connectivity index (χ4n) is 5.23. The zero-order valence-corrected chi connectivity index (χ0v) is 34.9. The summed E-state index contributed by atoms with van der Waals surface area (Å²) in [7, 11) is -14.4. The summed E-state index contributed by atoms with van der Waals surface area (Å²) < 4.78 is 719. The Labute approximate surface area is 393 Å². The van der Waals surface area contributed by atoms with Crippen molar-refractivity contribution in [3.8, 4) is 0 Å². The van der Waals surface area contributed by atoms with E-state index in [1.54, 1.807) is 0 Å². The van der Waals surface area contributed by atoms with Crippen molar-refractivity contribution in [3.05, 3.63) is 0 Å². The molecule has 0 aromatic rings. The second-order valence-electron chi connectivity index (χ2n) is 14.7. The van der Waals surface area contributed by atoms with E-state index in [-0.39, 0.29) is 0 Å². The summed E-state index contributed by atoms with van der Waals surface area (Å²) >= 11 is 0. The summed E-state index contributed by atoms with van der Waals surface area (Å²) in [4.78, 5) is 0. The monoisotopic (exact) mass is 1330 g/mol. The molecule has 0 saturated heterocycles. The van der Waals surface area contributed by atoms with Gasteiger partial charge in [0.15, 0.2) is 0 Å². The van der Waals surface area contributed by atoms with Crippen LogP contribution in [0.3, 0.4) is 0 Å². The van der Waals surface area contributed by atoms with Crippen molar-refractivity contribution in [3.63, 3.8) is 0 Å². The first-order valence-corrected chi connectivity index (χ1v) is 18.7. The van der Waals surface area contributed by atoms with Crippen molar-refractivity contribution in [2.24, 2.45) is 0 Å². The van der Waals surface area contributed by atoms with Crippen LogP contribution in [0.25, 0.3) is 0 Å². The first-order valence-electron chi connectivity index (χ1n) is 16.8. The smallest absolute Gasteiger partial charge is 0.402 e. The van der Waals surface area contributed by atoms with E-state index in [1.807, 2.05) is 0 Å². The lowest BCUT2D eigenvalue weighted by Crippen LogP contribution is -2.92. The number of alkyl halides is 51. The molecule has 0 unspecified atom stereocenters. The molecular formula is C26H5F51OSi. The largest absolute Gasteiger partial charge is 0.460 e. The number of rotatable bonds is 23. The van der Waals surface area contributed by atoms with Crippen LogP contribution in [0.4, 0.5) is 224 Å². The van der Waals surface area contributed by atoms with Gasteiger partial charge in [0, 0.05) is 6.61 Å². The van der Waals surface area contributed by atoms with Crippen LogP contribution in [0.1, 0.15) is 6.92 Å². The van der Waals surface area contributed by atoms with E-state index in [0.29, 0.717) is 0 Å². The molecule has 0 rings (SSSR count). The van der Waals surface area contributed by atoms with E-state index in [2.05, 4.69) is 0 Å². The van der Waals surface area contributed by atoms with Crippen LogP contribution in [0.5, 0.6) is 0 Å². The van der Waals surface area contributed by atoms with E-state index in [1.165, 1.54) is 4.43 Å². The Hall–Kier alpha value is -3.39. The van der Waals surface area contributed by atoms with Gasteiger partial charge in [0.2, 0.25) is 0 Å². The molecule has 0 aromatic heterocycles. The zero-order chi connectivity index (χ0) is 65.9. The second-order valence-corrected chi connectivity index (χ2v) is 18.2. The first-order chi connectivity index (χ1) is 33.1. The van der Waals surface area contributed by atoms with Crippen LogP contribution in [-0.4, -0.2) is 157 Å². The van der Waals surface area contributed by atoms with Gasteiger partial charge < -0.3 is 4.43 Å². The highest BCUT2D eigenvalue weighted by Gasteiger charge is 3.09. The highest BCUT2D eigenvalue weighted by atomic mass is 28.4. The van der Waals surface area contributed by atoms with Crippen LogP contribution in [0, 0.1) is 0 Å². The lowest BCUT2D eigenvalue weighted by Gasteiger charge is -2.54. The van der Waals surface area contributed by atoms with E-state index in [0.717, 1.165) is 0 Å². The topological polar surface area (TPSA) is 9.23 Å². The van der Waals surface area contributed by atoms with E-state index < -0.39 is 164 Å². The number of hydrogen-bond donors (Lipinski definition) is 0. The summed E-state index contributed by atoms with van der Waals surface area (Å²) in [6, 6.07) is 0. The quantitative estimate of drug-likeness (QED) is 0.0732. The average Bonchev–Trinajstić information content (AvgIpc) is 3.19.